The van der Waals surface area contributed by atoms with Crippen LogP contribution in [0.25, 0.3) is 0 Å². The Morgan fingerprint density at radius 1 is 1.50 bits per heavy atom. The third kappa shape index (κ3) is 3.68. The number of carboxylic acids is 1. The van der Waals surface area contributed by atoms with Crippen molar-refractivity contribution < 1.29 is 20.1 Å². The summed E-state index contributed by atoms with van der Waals surface area (Å²) >= 11 is 0. The zero-order chi connectivity index (χ0) is 13.7. The average Bonchev–Trinajstić information content (AvgIpc) is 2.34. The number of aliphatic hydroxyl groups is 2. The van der Waals surface area contributed by atoms with Crippen molar-refractivity contribution in [2.45, 2.75) is 26.7 Å². The monoisotopic (exact) mass is 254 g/mol. The van der Waals surface area contributed by atoms with E-state index in [1.807, 2.05) is 6.08 Å². The van der Waals surface area contributed by atoms with E-state index in [-0.39, 0.29) is 18.1 Å². The van der Waals surface area contributed by atoms with Gasteiger partial charge in [-0.2, -0.15) is 0 Å². The first-order chi connectivity index (χ1) is 8.49. The van der Waals surface area contributed by atoms with Gasteiger partial charge in [0.2, 0.25) is 0 Å². The number of carbonyl (C=O) groups is 1. The van der Waals surface area contributed by atoms with Gasteiger partial charge in [0.25, 0.3) is 0 Å². The molecule has 1 aliphatic rings. The second-order valence-corrected chi connectivity index (χ2v) is 5.16. The average molecular weight is 254 g/mol. The number of rotatable bonds is 5. The third-order valence-electron chi connectivity index (χ3n) is 3.62. The summed E-state index contributed by atoms with van der Waals surface area (Å²) < 4.78 is 0. The van der Waals surface area contributed by atoms with Crippen LogP contribution in [0, 0.1) is 17.8 Å². The number of carboxylic acid groups (broad SMARTS) is 1. The third-order valence-corrected chi connectivity index (χ3v) is 3.62. The van der Waals surface area contributed by atoms with Gasteiger partial charge in [-0.3, -0.25) is 0 Å². The van der Waals surface area contributed by atoms with E-state index < -0.39 is 12.6 Å². The van der Waals surface area contributed by atoms with E-state index in [1.165, 1.54) is 0 Å². The fraction of sp³-hybridized carbons (Fsp3) is 0.643. The molecule has 0 aromatic heterocycles. The molecule has 3 N–H and O–H groups in total. The molecule has 4 heteroatoms. The van der Waals surface area contributed by atoms with Crippen LogP contribution < -0.4 is 0 Å². The second kappa shape index (κ2) is 6.71. The lowest BCUT2D eigenvalue weighted by atomic mass is 9.74. The van der Waals surface area contributed by atoms with Crippen LogP contribution in [0.2, 0.25) is 0 Å². The van der Waals surface area contributed by atoms with Crippen molar-refractivity contribution in [2.75, 3.05) is 13.2 Å². The van der Waals surface area contributed by atoms with E-state index >= 15 is 0 Å². The molecule has 0 aromatic carbocycles. The van der Waals surface area contributed by atoms with E-state index in [1.54, 1.807) is 6.08 Å². The summed E-state index contributed by atoms with van der Waals surface area (Å²) in [4.78, 5) is 10.9. The Kier molecular flexibility index (Phi) is 5.56. The smallest absolute Gasteiger partial charge is 0.333 e. The number of allylic oxidation sites excluding steroid dienone is 2. The Balaban J connectivity index is 3.01. The Labute approximate surface area is 108 Å². The minimum atomic E-state index is -1.08. The van der Waals surface area contributed by atoms with Gasteiger partial charge in [0, 0.05) is 0 Å². The summed E-state index contributed by atoms with van der Waals surface area (Å²) in [5.41, 5.74) is 0.983. The molecule has 4 nitrogen and oxygen atoms in total. The van der Waals surface area contributed by atoms with Crippen molar-refractivity contribution >= 4 is 5.97 Å². The van der Waals surface area contributed by atoms with Crippen LogP contribution in [0.5, 0.6) is 0 Å². The predicted molar refractivity (Wildman–Crippen MR) is 69.0 cm³/mol. The second-order valence-electron chi connectivity index (χ2n) is 5.16. The van der Waals surface area contributed by atoms with E-state index in [2.05, 4.69) is 13.8 Å². The van der Waals surface area contributed by atoms with Crippen LogP contribution in [0.4, 0.5) is 0 Å². The van der Waals surface area contributed by atoms with Crippen LogP contribution in [-0.2, 0) is 4.79 Å². The maximum absolute atomic E-state index is 10.9. The quantitative estimate of drug-likeness (QED) is 0.514. The van der Waals surface area contributed by atoms with Crippen molar-refractivity contribution in [1.29, 1.82) is 0 Å². The molecule has 0 aliphatic heterocycles. The zero-order valence-electron chi connectivity index (χ0n) is 11.0. The van der Waals surface area contributed by atoms with Gasteiger partial charge in [0.05, 0.1) is 18.8 Å². The first kappa shape index (κ1) is 14.9. The minimum absolute atomic E-state index is 0.0147. The van der Waals surface area contributed by atoms with Gasteiger partial charge in [-0.1, -0.05) is 26.0 Å². The number of aliphatic carboxylic acids is 1. The molecule has 0 saturated heterocycles. The molecule has 2 unspecified atom stereocenters. The Hall–Kier alpha value is -1.13. The van der Waals surface area contributed by atoms with Crippen LogP contribution in [0.3, 0.4) is 0 Å². The van der Waals surface area contributed by atoms with Crippen LogP contribution in [-0.4, -0.2) is 34.5 Å². The lowest BCUT2D eigenvalue weighted by Gasteiger charge is -2.31. The molecule has 1 aliphatic carbocycles. The molecule has 0 fully saturated rings. The highest BCUT2D eigenvalue weighted by molar-refractivity contribution is 5.86. The van der Waals surface area contributed by atoms with E-state index in [0.29, 0.717) is 11.8 Å². The van der Waals surface area contributed by atoms with Crippen molar-refractivity contribution in [3.05, 3.63) is 23.3 Å². The highest BCUT2D eigenvalue weighted by Crippen LogP contribution is 2.35. The number of hydrogen-bond donors (Lipinski definition) is 3. The summed E-state index contributed by atoms with van der Waals surface area (Å²) in [6, 6.07) is 0. The lowest BCUT2D eigenvalue weighted by molar-refractivity contribution is -0.133. The number of hydrogen-bond acceptors (Lipinski definition) is 3. The maximum atomic E-state index is 10.9. The van der Waals surface area contributed by atoms with Gasteiger partial charge >= 0.3 is 5.97 Å². The van der Waals surface area contributed by atoms with Gasteiger partial charge in [-0.25, -0.2) is 4.79 Å². The summed E-state index contributed by atoms with van der Waals surface area (Å²) in [6.45, 7) is 3.79. The Bertz CT molecular complexity index is 355. The fourth-order valence-electron chi connectivity index (χ4n) is 2.53. The SMILES string of the molecule is CC(C)C1CCC(CO)=CC1/C=C(\CO)C(=O)O. The Morgan fingerprint density at radius 3 is 2.61 bits per heavy atom. The molecular formula is C14H22O4. The van der Waals surface area contributed by atoms with Gasteiger partial charge in [0.15, 0.2) is 0 Å². The van der Waals surface area contributed by atoms with Gasteiger partial charge in [-0.15, -0.1) is 0 Å². The molecule has 1 rings (SSSR count). The molecule has 2 atom stereocenters. The fourth-order valence-corrected chi connectivity index (χ4v) is 2.53. The molecule has 0 amide bonds. The van der Waals surface area contributed by atoms with E-state index in [0.717, 1.165) is 18.4 Å². The summed E-state index contributed by atoms with van der Waals surface area (Å²) in [5, 5.41) is 27.2. The first-order valence-electron chi connectivity index (χ1n) is 6.34. The van der Waals surface area contributed by atoms with Crippen LogP contribution in [0.15, 0.2) is 23.3 Å². The topological polar surface area (TPSA) is 77.8 Å². The van der Waals surface area contributed by atoms with Crippen LogP contribution in [0.1, 0.15) is 26.7 Å². The molecule has 0 radical (unpaired) electrons. The predicted octanol–water partition coefficient (Wildman–Crippen LogP) is 1.59. The van der Waals surface area contributed by atoms with Gasteiger partial charge < -0.3 is 15.3 Å². The molecule has 0 heterocycles. The van der Waals surface area contributed by atoms with Crippen molar-refractivity contribution in [1.82, 2.24) is 0 Å². The molecule has 0 aromatic rings. The molecule has 0 saturated carbocycles. The molecule has 102 valence electrons. The Morgan fingerprint density at radius 2 is 2.17 bits per heavy atom. The molecule has 0 spiro atoms. The molecular weight excluding hydrogens is 232 g/mol. The van der Waals surface area contributed by atoms with Crippen LogP contribution >= 0.6 is 0 Å². The maximum Gasteiger partial charge on any atom is 0.333 e. The van der Waals surface area contributed by atoms with E-state index in [4.69, 9.17) is 10.2 Å². The minimum Gasteiger partial charge on any atom is -0.478 e. The summed E-state index contributed by atoms with van der Waals surface area (Å²) in [7, 11) is 0. The molecule has 0 bridgehead atoms. The highest BCUT2D eigenvalue weighted by atomic mass is 16.4. The van der Waals surface area contributed by atoms with Gasteiger partial charge in [0.1, 0.15) is 0 Å². The van der Waals surface area contributed by atoms with Crippen molar-refractivity contribution in [3.8, 4) is 0 Å². The van der Waals surface area contributed by atoms with Crippen molar-refractivity contribution in [3.63, 3.8) is 0 Å². The standard InChI is InChI=1S/C14H22O4/c1-9(2)13-4-3-10(7-15)5-11(13)6-12(8-16)14(17)18/h5-6,9,11,13,15-16H,3-4,7-8H2,1-2H3,(H,17,18)/b12-6+. The first-order valence-corrected chi connectivity index (χ1v) is 6.34. The number of aliphatic hydroxyl groups excluding tert-OH is 2. The highest BCUT2D eigenvalue weighted by Gasteiger charge is 2.26. The lowest BCUT2D eigenvalue weighted by Crippen LogP contribution is -2.23. The molecule has 18 heavy (non-hydrogen) atoms. The van der Waals surface area contributed by atoms with Gasteiger partial charge in [-0.05, 0) is 36.2 Å². The summed E-state index contributed by atoms with van der Waals surface area (Å²) in [6.07, 6.45) is 5.39. The van der Waals surface area contributed by atoms with E-state index in [9.17, 15) is 9.90 Å². The van der Waals surface area contributed by atoms with Crippen molar-refractivity contribution in [2.24, 2.45) is 17.8 Å². The largest absolute Gasteiger partial charge is 0.478 e. The zero-order valence-corrected chi connectivity index (χ0v) is 11.0. The normalized spacial score (nSPS) is 25.2. The summed E-state index contributed by atoms with van der Waals surface area (Å²) in [5.74, 6) is -0.290.